The summed E-state index contributed by atoms with van der Waals surface area (Å²) >= 11 is 1.35. The van der Waals surface area contributed by atoms with Crippen LogP contribution in [0.5, 0.6) is 0 Å². The van der Waals surface area contributed by atoms with Gasteiger partial charge in [-0.1, -0.05) is 13.8 Å². The van der Waals surface area contributed by atoms with E-state index in [0.29, 0.717) is 5.84 Å². The van der Waals surface area contributed by atoms with Gasteiger partial charge in [0.25, 0.3) is 0 Å². The molecule has 0 aliphatic rings. The van der Waals surface area contributed by atoms with E-state index in [2.05, 4.69) is 11.1 Å². The van der Waals surface area contributed by atoms with Crippen molar-refractivity contribution in [2.45, 2.75) is 20.8 Å². The van der Waals surface area contributed by atoms with E-state index in [1.54, 1.807) is 0 Å². The molecule has 0 radical (unpaired) electrons. The van der Waals surface area contributed by atoms with E-state index < -0.39 is 0 Å². The Kier molecular flexibility index (Phi) is 7.22. The van der Waals surface area contributed by atoms with E-state index in [-0.39, 0.29) is 0 Å². The van der Waals surface area contributed by atoms with Gasteiger partial charge in [-0.3, -0.25) is 0 Å². The average molecular weight is 359 g/mol. The molecule has 1 rings (SSSR count). The first-order valence-corrected chi connectivity index (χ1v) is 5.98. The number of benzene rings is 1. The zero-order valence-electron chi connectivity index (χ0n) is 8.74. The van der Waals surface area contributed by atoms with Gasteiger partial charge in [-0.2, -0.15) is 0 Å². The van der Waals surface area contributed by atoms with Gasteiger partial charge in [0, 0.05) is 0 Å². The number of hydrogen-bond acceptors (Lipinski definition) is 1. The molecular formula is C11H15N2W-. The van der Waals surface area contributed by atoms with Crippen molar-refractivity contribution in [3.05, 3.63) is 30.3 Å². The predicted octanol–water partition coefficient (Wildman–Crippen LogP) is 2.24. The minimum atomic E-state index is 0.604. The fourth-order valence-corrected chi connectivity index (χ4v) is 0.826. The van der Waals surface area contributed by atoms with Gasteiger partial charge < -0.3 is 0 Å². The summed E-state index contributed by atoms with van der Waals surface area (Å²) in [7, 11) is 0. The van der Waals surface area contributed by atoms with Gasteiger partial charge in [-0.15, -0.1) is 0 Å². The summed E-state index contributed by atoms with van der Waals surface area (Å²) in [5, 5.41) is 0. The summed E-state index contributed by atoms with van der Waals surface area (Å²) in [6.07, 6.45) is 0. The molecule has 2 N–H and O–H groups in total. The van der Waals surface area contributed by atoms with Crippen molar-refractivity contribution in [3.63, 3.8) is 0 Å². The molecule has 76 valence electrons. The molecule has 0 saturated heterocycles. The van der Waals surface area contributed by atoms with Gasteiger partial charge in [0.1, 0.15) is 0 Å². The van der Waals surface area contributed by atoms with Crippen LogP contribution in [0, 0.1) is 6.07 Å². The molecule has 0 fully saturated rings. The van der Waals surface area contributed by atoms with E-state index in [1.165, 1.54) is 19.4 Å². The van der Waals surface area contributed by atoms with Crippen LogP contribution in [0.15, 0.2) is 29.3 Å². The number of amidine groups is 1. The van der Waals surface area contributed by atoms with Crippen LogP contribution < -0.4 is 5.73 Å². The molecule has 0 unspecified atom stereocenters. The Labute approximate surface area is 96.7 Å². The van der Waals surface area contributed by atoms with Crippen LogP contribution in [-0.2, 0) is 19.4 Å². The van der Waals surface area contributed by atoms with E-state index in [0.717, 1.165) is 9.59 Å². The second kappa shape index (κ2) is 7.63. The maximum absolute atomic E-state index is 5.66. The molecule has 0 atom stereocenters. The van der Waals surface area contributed by atoms with E-state index in [1.807, 2.05) is 45.0 Å². The molecule has 0 amide bonds. The van der Waals surface area contributed by atoms with Crippen LogP contribution in [0.25, 0.3) is 0 Å². The van der Waals surface area contributed by atoms with Crippen molar-refractivity contribution in [2.24, 2.45) is 10.7 Å². The second-order valence-electron chi connectivity index (χ2n) is 2.30. The van der Waals surface area contributed by atoms with Gasteiger partial charge in [0.2, 0.25) is 0 Å². The Hall–Kier alpha value is -0.752. The van der Waals surface area contributed by atoms with Gasteiger partial charge >= 0.3 is 82.8 Å². The molecule has 0 aromatic heterocycles. The van der Waals surface area contributed by atoms with Gasteiger partial charge in [0.05, 0.1) is 0 Å². The van der Waals surface area contributed by atoms with E-state index in [4.69, 9.17) is 5.73 Å². The van der Waals surface area contributed by atoms with Crippen LogP contribution >= 0.6 is 0 Å². The van der Waals surface area contributed by atoms with Gasteiger partial charge in [0.15, 0.2) is 0 Å². The maximum atomic E-state index is 5.66. The number of nitrogens with two attached hydrogens (primary N) is 1. The third kappa shape index (κ3) is 5.08. The monoisotopic (exact) mass is 359 g/mol. The van der Waals surface area contributed by atoms with Crippen molar-refractivity contribution in [1.82, 2.24) is 0 Å². The fraction of sp³-hybridized carbons (Fsp3) is 0.273. The molecule has 2 nitrogen and oxygen atoms in total. The first-order chi connectivity index (χ1) is 6.70. The Balaban J connectivity index is 0.000000791. The van der Waals surface area contributed by atoms with Crippen LogP contribution in [0.1, 0.15) is 20.8 Å². The minimum absolute atomic E-state index is 0.604. The van der Waals surface area contributed by atoms with Crippen LogP contribution in [-0.4, -0.2) is 9.73 Å². The molecule has 0 aliphatic carbocycles. The summed E-state index contributed by atoms with van der Waals surface area (Å²) in [5.41, 5.74) is 6.45. The average Bonchev–Trinajstić information content (AvgIpc) is 2.22. The second-order valence-corrected chi connectivity index (χ2v) is 4.50. The first kappa shape index (κ1) is 13.2. The topological polar surface area (TPSA) is 38.4 Å². The molecule has 0 saturated carbocycles. The summed E-state index contributed by atoms with van der Waals surface area (Å²) in [6.45, 7) is 5.97. The number of aliphatic imine (C=N–C) groups is 1. The number of nitrogens with zero attached hydrogens (tertiary/aromatic N) is 1. The first-order valence-electron chi connectivity index (χ1n) is 4.52. The molecule has 0 aliphatic heterocycles. The zero-order valence-corrected chi connectivity index (χ0v) is 11.7. The predicted molar refractivity (Wildman–Crippen MR) is 58.6 cm³/mol. The summed E-state index contributed by atoms with van der Waals surface area (Å²) in [6, 6.07) is 10.5. The molecule has 0 heterocycles. The molecule has 14 heavy (non-hydrogen) atoms. The molecule has 1 aromatic carbocycles. The Morgan fingerprint density at radius 1 is 1.43 bits per heavy atom. The number of rotatable bonds is 2. The normalized spacial score (nSPS) is 10.1. The molecule has 3 heteroatoms. The van der Waals surface area contributed by atoms with Crippen molar-refractivity contribution >= 4 is 15.4 Å². The quantitative estimate of drug-likeness (QED) is 0.491. The SMILES string of the molecule is CC.C[C](=[W])C(N)=Nc1[c-]cccc1. The van der Waals surface area contributed by atoms with Crippen molar-refractivity contribution in [2.75, 3.05) is 0 Å². The summed E-state index contributed by atoms with van der Waals surface area (Å²) in [5.74, 6) is 0.604. The van der Waals surface area contributed by atoms with Crippen molar-refractivity contribution in [3.8, 4) is 0 Å². The third-order valence-electron chi connectivity index (χ3n) is 1.29. The summed E-state index contributed by atoms with van der Waals surface area (Å²) in [4.78, 5) is 4.18. The van der Waals surface area contributed by atoms with Gasteiger partial charge in [-0.25, -0.2) is 0 Å². The van der Waals surface area contributed by atoms with Crippen molar-refractivity contribution < 1.29 is 19.4 Å². The Bertz CT molecular complexity index is 304. The van der Waals surface area contributed by atoms with Crippen LogP contribution in [0.2, 0.25) is 0 Å². The third-order valence-corrected chi connectivity index (χ3v) is 2.05. The van der Waals surface area contributed by atoms with Crippen LogP contribution in [0.3, 0.4) is 0 Å². The number of hydrogen-bond donors (Lipinski definition) is 1. The standard InChI is InChI=1S/C9H9N2.C2H6.W/c1-2-9(10)11-8-6-4-3-5-7-8;1-2;/h3-6H,1H3,(H2,10,11);1-2H3;/q-1;;. The Morgan fingerprint density at radius 2 is 2.07 bits per heavy atom. The zero-order chi connectivity index (χ0) is 11.0. The Morgan fingerprint density at radius 3 is 2.50 bits per heavy atom. The van der Waals surface area contributed by atoms with Gasteiger partial charge in [-0.05, 0) is 0 Å². The molecule has 0 bridgehead atoms. The van der Waals surface area contributed by atoms with E-state index in [9.17, 15) is 0 Å². The fourth-order valence-electron chi connectivity index (χ4n) is 0.662. The van der Waals surface area contributed by atoms with Crippen molar-refractivity contribution in [1.29, 1.82) is 0 Å². The number of para-hydroxylation sites is 1. The van der Waals surface area contributed by atoms with Crippen LogP contribution in [0.4, 0.5) is 5.69 Å². The molecule has 0 spiro atoms. The molecular weight excluding hydrogens is 344 g/mol. The summed E-state index contributed by atoms with van der Waals surface area (Å²) < 4.78 is 1.10. The van der Waals surface area contributed by atoms with E-state index >= 15 is 0 Å². The molecule has 1 aromatic rings.